The fourth-order valence-corrected chi connectivity index (χ4v) is 4.05. The zero-order chi connectivity index (χ0) is 17.6. The predicted molar refractivity (Wildman–Crippen MR) is 101 cm³/mol. The first kappa shape index (κ1) is 18.0. The second kappa shape index (κ2) is 8.52. The summed E-state index contributed by atoms with van der Waals surface area (Å²) in [7, 11) is 0. The van der Waals surface area contributed by atoms with Gasteiger partial charge in [0.1, 0.15) is 5.82 Å². The number of carbonyl (C=O) groups excluding carboxylic acids is 1. The molecule has 0 bridgehead atoms. The van der Waals surface area contributed by atoms with Crippen LogP contribution in [0.3, 0.4) is 0 Å². The first-order chi connectivity index (χ1) is 12.2. The Labute approximate surface area is 153 Å². The molecule has 3 rings (SSSR count). The van der Waals surface area contributed by atoms with Crippen LogP contribution in [0.1, 0.15) is 57.7 Å². The highest BCUT2D eigenvalue weighted by molar-refractivity contribution is 8.00. The Morgan fingerprint density at radius 3 is 2.68 bits per heavy atom. The summed E-state index contributed by atoms with van der Waals surface area (Å²) in [6.45, 7) is 4.47. The van der Waals surface area contributed by atoms with Crippen LogP contribution in [-0.4, -0.2) is 32.5 Å². The lowest BCUT2D eigenvalue weighted by Gasteiger charge is -2.21. The van der Waals surface area contributed by atoms with E-state index < -0.39 is 0 Å². The number of aromatic nitrogens is 3. The van der Waals surface area contributed by atoms with Gasteiger partial charge >= 0.3 is 0 Å². The third-order valence-electron chi connectivity index (χ3n) is 4.59. The summed E-state index contributed by atoms with van der Waals surface area (Å²) < 4.78 is 1.97. The summed E-state index contributed by atoms with van der Waals surface area (Å²) in [5.74, 6) is 1.52. The minimum Gasteiger partial charge on any atom is -0.355 e. The monoisotopic (exact) mass is 358 g/mol. The van der Waals surface area contributed by atoms with Crippen molar-refractivity contribution in [2.45, 2.75) is 62.3 Å². The number of hydrogen-bond acceptors (Lipinski definition) is 4. The fourth-order valence-electron chi connectivity index (χ4n) is 3.27. The number of carbonyl (C=O) groups is 1. The lowest BCUT2D eigenvalue weighted by Crippen LogP contribution is -2.30. The molecule has 0 radical (unpaired) electrons. The Kier molecular flexibility index (Phi) is 6.13. The van der Waals surface area contributed by atoms with Gasteiger partial charge in [-0.1, -0.05) is 49.2 Å². The van der Waals surface area contributed by atoms with Gasteiger partial charge in [-0.05, 0) is 38.8 Å². The van der Waals surface area contributed by atoms with E-state index in [1.54, 1.807) is 0 Å². The van der Waals surface area contributed by atoms with Crippen molar-refractivity contribution >= 4 is 17.7 Å². The quantitative estimate of drug-likeness (QED) is 0.795. The van der Waals surface area contributed by atoms with Crippen LogP contribution in [0.4, 0.5) is 0 Å². The van der Waals surface area contributed by atoms with Crippen LogP contribution in [-0.2, 0) is 4.79 Å². The van der Waals surface area contributed by atoms with Gasteiger partial charge in [-0.3, -0.25) is 4.79 Å². The van der Waals surface area contributed by atoms with Crippen LogP contribution in [0.2, 0.25) is 0 Å². The molecule has 1 aromatic carbocycles. The van der Waals surface area contributed by atoms with Gasteiger partial charge < -0.3 is 5.32 Å². The molecule has 1 aromatic heterocycles. The molecule has 1 saturated carbocycles. The van der Waals surface area contributed by atoms with Gasteiger partial charge in [0.2, 0.25) is 11.1 Å². The molecule has 25 heavy (non-hydrogen) atoms. The highest BCUT2D eigenvalue weighted by atomic mass is 32.2. The summed E-state index contributed by atoms with van der Waals surface area (Å²) in [6, 6.07) is 10.2. The second-order valence-corrected chi connectivity index (χ2v) is 7.80. The highest BCUT2D eigenvalue weighted by Gasteiger charge is 2.25. The van der Waals surface area contributed by atoms with E-state index in [1.807, 2.05) is 36.7 Å². The number of para-hydroxylation sites is 1. The van der Waals surface area contributed by atoms with E-state index in [9.17, 15) is 4.79 Å². The average Bonchev–Trinajstić information content (AvgIpc) is 3.07. The Balaban J connectivity index is 1.87. The molecule has 5 nitrogen and oxygen atoms in total. The van der Waals surface area contributed by atoms with E-state index in [-0.39, 0.29) is 11.2 Å². The molecule has 0 spiro atoms. The number of nitrogens with one attached hydrogen (secondary N) is 1. The van der Waals surface area contributed by atoms with E-state index in [0.717, 1.165) is 11.5 Å². The lowest BCUT2D eigenvalue weighted by molar-refractivity contribution is -0.120. The van der Waals surface area contributed by atoms with Gasteiger partial charge in [0, 0.05) is 12.5 Å². The zero-order valence-corrected chi connectivity index (χ0v) is 15.8. The molecular weight excluding hydrogens is 332 g/mol. The largest absolute Gasteiger partial charge is 0.355 e. The van der Waals surface area contributed by atoms with Crippen molar-refractivity contribution in [3.63, 3.8) is 0 Å². The Morgan fingerprint density at radius 1 is 1.28 bits per heavy atom. The van der Waals surface area contributed by atoms with Crippen molar-refractivity contribution < 1.29 is 4.79 Å². The number of thioether (sulfide) groups is 1. The number of benzene rings is 1. The summed E-state index contributed by atoms with van der Waals surface area (Å²) in [5, 5.41) is 8.07. The molecule has 134 valence electrons. The van der Waals surface area contributed by atoms with Crippen LogP contribution < -0.4 is 5.32 Å². The lowest BCUT2D eigenvalue weighted by atomic mass is 9.88. The highest BCUT2D eigenvalue weighted by Crippen LogP contribution is 2.34. The Bertz CT molecular complexity index is 695. The molecule has 1 atom stereocenters. The molecule has 1 aliphatic carbocycles. The molecule has 1 heterocycles. The molecule has 1 fully saturated rings. The molecule has 0 saturated heterocycles. The molecular formula is C19H26N4OS. The predicted octanol–water partition coefficient (Wildman–Crippen LogP) is 3.93. The summed E-state index contributed by atoms with van der Waals surface area (Å²) in [4.78, 5) is 16.8. The number of amides is 1. The van der Waals surface area contributed by atoms with Crippen LogP contribution >= 0.6 is 11.8 Å². The van der Waals surface area contributed by atoms with Crippen molar-refractivity contribution in [2.24, 2.45) is 0 Å². The molecule has 2 aromatic rings. The number of nitrogens with zero attached hydrogens (tertiary/aromatic N) is 3. The average molecular weight is 359 g/mol. The zero-order valence-electron chi connectivity index (χ0n) is 14.9. The molecule has 0 aliphatic heterocycles. The van der Waals surface area contributed by atoms with Crippen LogP contribution in [0.5, 0.6) is 0 Å². The molecule has 6 heteroatoms. The summed E-state index contributed by atoms with van der Waals surface area (Å²) in [5.41, 5.74) is 1.04. The summed E-state index contributed by atoms with van der Waals surface area (Å²) >= 11 is 1.43. The van der Waals surface area contributed by atoms with Gasteiger partial charge in [0.25, 0.3) is 0 Å². The Hall–Kier alpha value is -1.82. The first-order valence-electron chi connectivity index (χ1n) is 9.15. The smallest absolute Gasteiger partial charge is 0.233 e. The number of hydrogen-bond donors (Lipinski definition) is 1. The van der Waals surface area contributed by atoms with E-state index in [1.165, 1.54) is 43.9 Å². The van der Waals surface area contributed by atoms with E-state index in [0.29, 0.717) is 17.6 Å². The maximum Gasteiger partial charge on any atom is 0.233 e. The van der Waals surface area contributed by atoms with Crippen molar-refractivity contribution in [1.82, 2.24) is 20.1 Å². The van der Waals surface area contributed by atoms with Crippen molar-refractivity contribution in [3.05, 3.63) is 36.2 Å². The van der Waals surface area contributed by atoms with E-state index >= 15 is 0 Å². The van der Waals surface area contributed by atoms with Gasteiger partial charge in [-0.15, -0.1) is 5.10 Å². The SMILES string of the molecule is CCNC(=O)[C@@H](C)Sc1nc(C2CCCCC2)n(-c2ccccc2)n1. The first-order valence-corrected chi connectivity index (χ1v) is 10.0. The third kappa shape index (κ3) is 4.42. The molecule has 1 amide bonds. The van der Waals surface area contributed by atoms with Crippen molar-refractivity contribution in [3.8, 4) is 5.69 Å². The fraction of sp³-hybridized carbons (Fsp3) is 0.526. The second-order valence-electron chi connectivity index (χ2n) is 6.49. The number of rotatable bonds is 6. The molecule has 1 N–H and O–H groups in total. The third-order valence-corrected chi connectivity index (χ3v) is 5.54. The molecule has 0 unspecified atom stereocenters. The van der Waals surface area contributed by atoms with E-state index in [2.05, 4.69) is 17.4 Å². The molecule has 1 aliphatic rings. The van der Waals surface area contributed by atoms with Gasteiger partial charge in [-0.25, -0.2) is 9.67 Å². The van der Waals surface area contributed by atoms with Crippen LogP contribution in [0.25, 0.3) is 5.69 Å². The van der Waals surface area contributed by atoms with Gasteiger partial charge in [0.05, 0.1) is 10.9 Å². The minimum absolute atomic E-state index is 0.0303. The Morgan fingerprint density at radius 2 is 2.00 bits per heavy atom. The van der Waals surface area contributed by atoms with Gasteiger partial charge in [-0.2, -0.15) is 0 Å². The summed E-state index contributed by atoms with van der Waals surface area (Å²) in [6.07, 6.45) is 6.16. The maximum absolute atomic E-state index is 12.0. The maximum atomic E-state index is 12.0. The topological polar surface area (TPSA) is 59.8 Å². The van der Waals surface area contributed by atoms with Gasteiger partial charge in [0.15, 0.2) is 0 Å². The normalized spacial score (nSPS) is 16.6. The van der Waals surface area contributed by atoms with Crippen molar-refractivity contribution in [2.75, 3.05) is 6.54 Å². The van der Waals surface area contributed by atoms with E-state index in [4.69, 9.17) is 10.1 Å². The van der Waals surface area contributed by atoms with Crippen LogP contribution in [0, 0.1) is 0 Å². The van der Waals surface area contributed by atoms with Crippen LogP contribution in [0.15, 0.2) is 35.5 Å². The minimum atomic E-state index is -0.203. The standard InChI is InChI=1S/C19H26N4OS/c1-3-20-18(24)14(2)25-19-21-17(15-10-6-4-7-11-15)23(22-19)16-12-8-5-9-13-16/h5,8-9,12-15H,3-4,6-7,10-11H2,1-2H3,(H,20,24)/t14-/m1/s1. The van der Waals surface area contributed by atoms with Crippen molar-refractivity contribution in [1.29, 1.82) is 0 Å².